The highest BCUT2D eigenvalue weighted by molar-refractivity contribution is 6.21. The summed E-state index contributed by atoms with van der Waals surface area (Å²) in [5, 5.41) is 0. The van der Waals surface area contributed by atoms with E-state index >= 15 is 0 Å². The van der Waals surface area contributed by atoms with E-state index in [1.165, 1.54) is 6.08 Å². The van der Waals surface area contributed by atoms with E-state index in [2.05, 4.69) is 0 Å². The lowest BCUT2D eigenvalue weighted by molar-refractivity contribution is 0.0593. The Hall–Kier alpha value is -1.97. The van der Waals surface area contributed by atoms with Crippen LogP contribution in [-0.4, -0.2) is 22.8 Å². The lowest BCUT2D eigenvalue weighted by Crippen LogP contribution is -2.39. The molecule has 86 valence electrons. The number of rotatable bonds is 1. The van der Waals surface area contributed by atoms with Crippen molar-refractivity contribution in [1.82, 2.24) is 4.90 Å². The first-order chi connectivity index (χ1) is 8.20. The van der Waals surface area contributed by atoms with Crippen LogP contribution >= 0.6 is 0 Å². The number of benzene rings is 1. The maximum atomic E-state index is 13.5. The highest BCUT2D eigenvalue weighted by Gasteiger charge is 2.42. The third kappa shape index (κ3) is 1.33. The Bertz CT molecular complexity index is 515. The number of nitrogens with zero attached hydrogens (tertiary/aromatic N) is 1. The van der Waals surface area contributed by atoms with Crippen molar-refractivity contribution in [2.24, 2.45) is 0 Å². The second-order valence-electron chi connectivity index (χ2n) is 4.21. The second kappa shape index (κ2) is 3.52. The normalized spacial score (nSPS) is 23.0. The summed E-state index contributed by atoms with van der Waals surface area (Å²) in [4.78, 5) is 25.1. The molecule has 0 radical (unpaired) electrons. The van der Waals surface area contributed by atoms with Crippen LogP contribution in [0.25, 0.3) is 0 Å². The molecule has 1 heterocycles. The van der Waals surface area contributed by atoms with Gasteiger partial charge >= 0.3 is 0 Å². The van der Waals surface area contributed by atoms with Crippen LogP contribution in [0.1, 0.15) is 33.6 Å². The number of fused-ring (bicyclic) bond motifs is 1. The molecule has 1 aromatic carbocycles. The van der Waals surface area contributed by atoms with Gasteiger partial charge in [0.25, 0.3) is 11.8 Å². The standard InChI is InChI=1S/C13H10FNO2/c14-10-6-3-7-11(10)15-12(16)8-4-1-2-5-9(8)13(15)17/h1-2,4-6,11H,3,7H2. The Morgan fingerprint density at radius 2 is 1.71 bits per heavy atom. The molecule has 2 aliphatic rings. The Morgan fingerprint density at radius 3 is 2.18 bits per heavy atom. The van der Waals surface area contributed by atoms with Gasteiger partial charge < -0.3 is 0 Å². The summed E-state index contributed by atoms with van der Waals surface area (Å²) < 4.78 is 13.5. The molecule has 0 spiro atoms. The monoisotopic (exact) mass is 231 g/mol. The number of carbonyl (C=O) groups excluding carboxylic acids is 2. The van der Waals surface area contributed by atoms with Crippen molar-refractivity contribution in [1.29, 1.82) is 0 Å². The number of hydrogen-bond donors (Lipinski definition) is 0. The molecule has 17 heavy (non-hydrogen) atoms. The molecule has 0 N–H and O–H groups in total. The van der Waals surface area contributed by atoms with Crippen LogP contribution in [0, 0.1) is 0 Å². The van der Waals surface area contributed by atoms with Crippen LogP contribution in [0.4, 0.5) is 4.39 Å². The van der Waals surface area contributed by atoms with Crippen LogP contribution in [-0.2, 0) is 0 Å². The first-order valence-electron chi connectivity index (χ1n) is 5.52. The zero-order chi connectivity index (χ0) is 12.0. The molecule has 0 saturated carbocycles. The van der Waals surface area contributed by atoms with Crippen molar-refractivity contribution in [2.45, 2.75) is 18.9 Å². The van der Waals surface area contributed by atoms with Gasteiger partial charge in [-0.2, -0.15) is 0 Å². The van der Waals surface area contributed by atoms with E-state index in [4.69, 9.17) is 0 Å². The number of amides is 2. The fraction of sp³-hybridized carbons (Fsp3) is 0.231. The zero-order valence-electron chi connectivity index (χ0n) is 9.02. The summed E-state index contributed by atoms with van der Waals surface area (Å²) in [7, 11) is 0. The molecular weight excluding hydrogens is 221 g/mol. The van der Waals surface area contributed by atoms with Gasteiger partial charge in [0.15, 0.2) is 0 Å². The van der Waals surface area contributed by atoms with Crippen molar-refractivity contribution in [3.8, 4) is 0 Å². The molecule has 0 bridgehead atoms. The fourth-order valence-electron chi connectivity index (χ4n) is 2.40. The lowest BCUT2D eigenvalue weighted by atomic mass is 10.1. The Kier molecular flexibility index (Phi) is 2.11. The van der Waals surface area contributed by atoms with Gasteiger partial charge in [-0.3, -0.25) is 14.5 Å². The molecule has 2 amide bonds. The third-order valence-corrected chi connectivity index (χ3v) is 3.23. The quantitative estimate of drug-likeness (QED) is 0.695. The van der Waals surface area contributed by atoms with Gasteiger partial charge in [-0.1, -0.05) is 18.2 Å². The van der Waals surface area contributed by atoms with Crippen molar-refractivity contribution in [3.63, 3.8) is 0 Å². The number of imide groups is 1. The van der Waals surface area contributed by atoms with Crippen LogP contribution in [0.2, 0.25) is 0 Å². The summed E-state index contributed by atoms with van der Waals surface area (Å²) >= 11 is 0. The van der Waals surface area contributed by atoms with Gasteiger partial charge in [0.2, 0.25) is 0 Å². The minimum Gasteiger partial charge on any atom is -0.269 e. The summed E-state index contributed by atoms with van der Waals surface area (Å²) in [6.45, 7) is 0. The maximum Gasteiger partial charge on any atom is 0.262 e. The van der Waals surface area contributed by atoms with Gasteiger partial charge in [-0.25, -0.2) is 4.39 Å². The average Bonchev–Trinajstić information content (AvgIpc) is 2.84. The van der Waals surface area contributed by atoms with Crippen LogP contribution in [0.15, 0.2) is 36.2 Å². The summed E-state index contributed by atoms with van der Waals surface area (Å²) in [5.74, 6) is -1.15. The van der Waals surface area contributed by atoms with Gasteiger partial charge in [0.05, 0.1) is 17.2 Å². The van der Waals surface area contributed by atoms with Crippen molar-refractivity contribution in [2.75, 3.05) is 0 Å². The molecule has 0 fully saturated rings. The molecule has 4 heteroatoms. The van der Waals surface area contributed by atoms with Gasteiger partial charge in [-0.15, -0.1) is 0 Å². The molecule has 3 nitrogen and oxygen atoms in total. The first-order valence-corrected chi connectivity index (χ1v) is 5.52. The first kappa shape index (κ1) is 10.2. The molecule has 1 unspecified atom stereocenters. The minimum atomic E-state index is -0.706. The summed E-state index contributed by atoms with van der Waals surface area (Å²) in [5.41, 5.74) is 0.745. The topological polar surface area (TPSA) is 37.4 Å². The van der Waals surface area contributed by atoms with Crippen molar-refractivity contribution in [3.05, 3.63) is 47.3 Å². The predicted molar refractivity (Wildman–Crippen MR) is 59.2 cm³/mol. The van der Waals surface area contributed by atoms with Gasteiger partial charge in [0.1, 0.15) is 5.83 Å². The SMILES string of the molecule is O=C1c2ccccc2C(=O)N1C1CCC=C1F. The summed E-state index contributed by atoms with van der Waals surface area (Å²) in [6, 6.07) is 5.91. The van der Waals surface area contributed by atoms with E-state index in [9.17, 15) is 14.0 Å². The second-order valence-corrected chi connectivity index (χ2v) is 4.21. The van der Waals surface area contributed by atoms with Gasteiger partial charge in [0, 0.05) is 0 Å². The van der Waals surface area contributed by atoms with E-state index in [1.807, 2.05) is 0 Å². The molecule has 1 atom stereocenters. The number of carbonyl (C=O) groups is 2. The van der Waals surface area contributed by atoms with Crippen LogP contribution < -0.4 is 0 Å². The molecule has 1 aliphatic heterocycles. The Balaban J connectivity index is 2.04. The molecule has 1 aliphatic carbocycles. The van der Waals surface area contributed by atoms with E-state index in [-0.39, 0.29) is 17.6 Å². The van der Waals surface area contributed by atoms with E-state index in [0.29, 0.717) is 24.0 Å². The number of hydrogen-bond acceptors (Lipinski definition) is 2. The maximum absolute atomic E-state index is 13.5. The highest BCUT2D eigenvalue weighted by atomic mass is 19.1. The van der Waals surface area contributed by atoms with E-state index in [1.54, 1.807) is 24.3 Å². The largest absolute Gasteiger partial charge is 0.269 e. The predicted octanol–water partition coefficient (Wildman–Crippen LogP) is 2.30. The van der Waals surface area contributed by atoms with Gasteiger partial charge in [-0.05, 0) is 25.0 Å². The number of halogens is 1. The highest BCUT2D eigenvalue weighted by Crippen LogP contribution is 2.32. The molecule has 3 rings (SSSR count). The average molecular weight is 231 g/mol. The smallest absolute Gasteiger partial charge is 0.262 e. The van der Waals surface area contributed by atoms with Crippen LogP contribution in [0.5, 0.6) is 0 Å². The Labute approximate surface area is 97.5 Å². The van der Waals surface area contributed by atoms with E-state index < -0.39 is 6.04 Å². The van der Waals surface area contributed by atoms with Crippen molar-refractivity contribution < 1.29 is 14.0 Å². The zero-order valence-corrected chi connectivity index (χ0v) is 9.02. The van der Waals surface area contributed by atoms with E-state index in [0.717, 1.165) is 4.90 Å². The summed E-state index contributed by atoms with van der Waals surface area (Å²) in [6.07, 6.45) is 2.50. The molecule has 0 saturated heterocycles. The Morgan fingerprint density at radius 1 is 1.12 bits per heavy atom. The minimum absolute atomic E-state index is 0.372. The third-order valence-electron chi connectivity index (χ3n) is 3.23. The van der Waals surface area contributed by atoms with Crippen molar-refractivity contribution >= 4 is 11.8 Å². The molecule has 1 aromatic rings. The fourth-order valence-corrected chi connectivity index (χ4v) is 2.40. The number of allylic oxidation sites excluding steroid dienone is 1. The van der Waals surface area contributed by atoms with Crippen LogP contribution in [0.3, 0.4) is 0 Å². The molecule has 0 aromatic heterocycles. The lowest BCUT2D eigenvalue weighted by Gasteiger charge is -2.21. The molecular formula is C13H10FNO2.